The molecule has 8 aromatic carbocycles. The van der Waals surface area contributed by atoms with Crippen LogP contribution in [0.1, 0.15) is 98.7 Å². The van der Waals surface area contributed by atoms with Crippen molar-refractivity contribution in [2.24, 2.45) is 0 Å². The number of fused-ring (bicyclic) bond motifs is 14. The fraction of sp³-hybridized carbons (Fsp3) is 0.167. The quantitative estimate of drug-likeness (QED) is 0.140. The van der Waals surface area contributed by atoms with Crippen LogP contribution < -0.4 is 9.80 Å². The van der Waals surface area contributed by atoms with E-state index in [1.54, 1.807) is 0 Å². The van der Waals surface area contributed by atoms with E-state index >= 15 is 0 Å². The van der Waals surface area contributed by atoms with Crippen molar-refractivity contribution in [1.29, 1.82) is 0 Å². The van der Waals surface area contributed by atoms with Gasteiger partial charge in [-0.05, 0) is 164 Å². The first-order valence-corrected chi connectivity index (χ1v) is 26.8. The Kier molecular flexibility index (Phi) is 12.0. The molecule has 3 atom stereocenters. The maximum atomic E-state index is 4.37. The zero-order valence-corrected chi connectivity index (χ0v) is 43.4. The average molecular weight is 957 g/mol. The van der Waals surface area contributed by atoms with Gasteiger partial charge in [-0.1, -0.05) is 222 Å². The topological polar surface area (TPSA) is 6.48 Å². The van der Waals surface area contributed by atoms with Crippen molar-refractivity contribution in [1.82, 2.24) is 0 Å². The van der Waals surface area contributed by atoms with Gasteiger partial charge in [-0.3, -0.25) is 0 Å². The maximum Gasteiger partial charge on any atom is 0.0677 e. The Balaban J connectivity index is 0.00000275. The molecule has 362 valence electrons. The van der Waals surface area contributed by atoms with Crippen LogP contribution in [-0.4, -0.2) is 6.04 Å². The van der Waals surface area contributed by atoms with Crippen molar-refractivity contribution in [3.63, 3.8) is 0 Å². The second-order valence-corrected chi connectivity index (χ2v) is 20.9. The molecule has 74 heavy (non-hydrogen) atoms. The number of rotatable bonds is 8. The zero-order chi connectivity index (χ0) is 50.6. The number of hydrogen-bond acceptors (Lipinski definition) is 2. The Morgan fingerprint density at radius 3 is 2.16 bits per heavy atom. The molecular weight excluding hydrogens is 893 g/mol. The van der Waals surface area contributed by atoms with Crippen LogP contribution in [0.25, 0.3) is 44.7 Å². The SMILES string of the molecule is C=C/C(=C\C=C1/CC(C)(C)c2ccccc21)N(c1ccccc1)c1ccc(-c2ccc3c(c2)C(C2=CC=CCC2)(c2ccccc2)c2ccc4ccc5c(c4c2-3)C2/C=C\C=Cc3ccccc3N5C2C)cc1.CC. The minimum absolute atomic E-state index is 0.0939. The first kappa shape index (κ1) is 46.8. The van der Waals surface area contributed by atoms with E-state index in [0.717, 1.165) is 36.3 Å². The number of nitrogens with zero attached hydrogens (tertiary/aromatic N) is 2. The lowest BCUT2D eigenvalue weighted by Gasteiger charge is -2.37. The zero-order valence-electron chi connectivity index (χ0n) is 43.4. The Hall–Kier alpha value is -8.20. The van der Waals surface area contributed by atoms with Crippen molar-refractivity contribution in [3.8, 4) is 22.3 Å². The molecule has 0 N–H and O–H groups in total. The summed E-state index contributed by atoms with van der Waals surface area (Å²) in [5, 5.41) is 2.67. The van der Waals surface area contributed by atoms with Gasteiger partial charge in [0.05, 0.1) is 5.41 Å². The molecule has 2 bridgehead atoms. The van der Waals surface area contributed by atoms with E-state index in [1.165, 1.54) is 94.5 Å². The van der Waals surface area contributed by atoms with Crippen LogP contribution in [-0.2, 0) is 10.8 Å². The summed E-state index contributed by atoms with van der Waals surface area (Å²) in [6, 6.07) is 66.2. The van der Waals surface area contributed by atoms with Crippen LogP contribution in [0.3, 0.4) is 0 Å². The molecule has 2 nitrogen and oxygen atoms in total. The number of anilines is 4. The van der Waals surface area contributed by atoms with Crippen molar-refractivity contribution < 1.29 is 0 Å². The molecular formula is C72H64N2. The van der Waals surface area contributed by atoms with Gasteiger partial charge in [-0.25, -0.2) is 0 Å². The van der Waals surface area contributed by atoms with Crippen LogP contribution in [0.15, 0.2) is 248 Å². The van der Waals surface area contributed by atoms with Crippen molar-refractivity contribution in [3.05, 3.63) is 287 Å². The second-order valence-electron chi connectivity index (χ2n) is 20.9. The van der Waals surface area contributed by atoms with E-state index in [9.17, 15) is 0 Å². The van der Waals surface area contributed by atoms with E-state index in [0.29, 0.717) is 0 Å². The van der Waals surface area contributed by atoms with Crippen molar-refractivity contribution >= 4 is 45.2 Å². The van der Waals surface area contributed by atoms with Gasteiger partial charge in [-0.2, -0.15) is 0 Å². The van der Waals surface area contributed by atoms with Gasteiger partial charge in [0.25, 0.3) is 0 Å². The number of allylic oxidation sites excluding steroid dienone is 10. The molecule has 2 heterocycles. The molecule has 0 fully saturated rings. The van der Waals surface area contributed by atoms with E-state index in [1.807, 2.05) is 19.9 Å². The highest BCUT2D eigenvalue weighted by molar-refractivity contribution is 6.09. The fourth-order valence-corrected chi connectivity index (χ4v) is 13.3. The van der Waals surface area contributed by atoms with Crippen LogP contribution in [0.2, 0.25) is 0 Å². The molecule has 0 amide bonds. The standard InChI is InChI=1S/C70H58N2.C2H6/c1-5-55(39-35-52-46-69(3,4)61-31-19-18-30-59(52)61)72(56-27-13-8-14-28-56)57-40-33-48(34-41-57)51-36-42-60-63(45-51)70(53-23-9-6-10-24-53,54-25-11-7-12-26-54)62-43-37-50-38-44-65-68(66(50)67(60)62)58-29-17-15-21-49-22-16-20-32-64(49)71(65)47(58)2;1-2/h5-11,13-25,27-45,47,58H,1,12,26,46H2,2-4H3;1-2H3/b21-15?,29-17-,52-35+,55-39+;. The van der Waals surface area contributed by atoms with Gasteiger partial charge in [-0.15, -0.1) is 0 Å². The van der Waals surface area contributed by atoms with Gasteiger partial charge >= 0.3 is 0 Å². The van der Waals surface area contributed by atoms with Crippen molar-refractivity contribution in [2.45, 2.75) is 76.7 Å². The Morgan fingerprint density at radius 2 is 1.38 bits per heavy atom. The molecule has 0 aromatic heterocycles. The lowest BCUT2D eigenvalue weighted by molar-refractivity contribution is 0.563. The number of hydrogen-bond donors (Lipinski definition) is 0. The van der Waals surface area contributed by atoms with Gasteiger partial charge in [0, 0.05) is 40.4 Å². The predicted octanol–water partition coefficient (Wildman–Crippen LogP) is 19.3. The van der Waals surface area contributed by atoms with Crippen LogP contribution >= 0.6 is 0 Å². The van der Waals surface area contributed by atoms with E-state index in [2.05, 4.69) is 268 Å². The molecule has 5 aliphatic rings. The summed E-state index contributed by atoms with van der Waals surface area (Å²) in [7, 11) is 0. The molecule has 2 heteroatoms. The third-order valence-electron chi connectivity index (χ3n) is 16.5. The highest BCUT2D eigenvalue weighted by Gasteiger charge is 2.49. The molecule has 13 rings (SSSR count). The van der Waals surface area contributed by atoms with E-state index in [4.69, 9.17) is 0 Å². The maximum absolute atomic E-state index is 4.37. The molecule has 8 aromatic rings. The summed E-state index contributed by atoms with van der Waals surface area (Å²) in [5.74, 6) is 0.200. The van der Waals surface area contributed by atoms with E-state index in [-0.39, 0.29) is 17.4 Å². The second kappa shape index (κ2) is 19.0. The predicted molar refractivity (Wildman–Crippen MR) is 317 cm³/mol. The summed E-state index contributed by atoms with van der Waals surface area (Å²) in [6.45, 7) is 15.5. The third kappa shape index (κ3) is 7.45. The third-order valence-corrected chi connectivity index (χ3v) is 16.5. The first-order chi connectivity index (χ1) is 36.3. The molecule has 0 radical (unpaired) electrons. The van der Waals surface area contributed by atoms with Gasteiger partial charge < -0.3 is 9.80 Å². The highest BCUT2D eigenvalue weighted by atomic mass is 15.2. The summed E-state index contributed by atoms with van der Waals surface area (Å²) < 4.78 is 0. The van der Waals surface area contributed by atoms with Gasteiger partial charge in [0.1, 0.15) is 0 Å². The summed E-state index contributed by atoms with van der Waals surface area (Å²) in [5.41, 5.74) is 22.7. The Bertz CT molecular complexity index is 3670. The normalized spacial score (nSPS) is 20.4. The van der Waals surface area contributed by atoms with E-state index < -0.39 is 5.41 Å². The summed E-state index contributed by atoms with van der Waals surface area (Å²) >= 11 is 0. The average Bonchev–Trinajstić information content (AvgIpc) is 4.06. The number of para-hydroxylation sites is 2. The Morgan fingerprint density at radius 1 is 0.662 bits per heavy atom. The lowest BCUT2D eigenvalue weighted by Crippen LogP contribution is -2.30. The number of benzene rings is 8. The smallest absolute Gasteiger partial charge is 0.0677 e. The van der Waals surface area contributed by atoms with Gasteiger partial charge in [0.2, 0.25) is 0 Å². The first-order valence-electron chi connectivity index (χ1n) is 26.8. The summed E-state index contributed by atoms with van der Waals surface area (Å²) in [4.78, 5) is 4.93. The van der Waals surface area contributed by atoms with Crippen LogP contribution in [0.5, 0.6) is 0 Å². The molecule has 3 unspecified atom stereocenters. The lowest BCUT2D eigenvalue weighted by atomic mass is 9.65. The van der Waals surface area contributed by atoms with Crippen LogP contribution in [0.4, 0.5) is 22.7 Å². The monoisotopic (exact) mass is 957 g/mol. The highest BCUT2D eigenvalue weighted by Crippen LogP contribution is 2.62. The largest absolute Gasteiger partial charge is 0.337 e. The molecule has 2 aliphatic heterocycles. The molecule has 0 saturated carbocycles. The fourth-order valence-electron chi connectivity index (χ4n) is 13.3. The minimum atomic E-state index is -0.489. The molecule has 0 saturated heterocycles. The summed E-state index contributed by atoms with van der Waals surface area (Å²) in [6.07, 6.45) is 25.8. The molecule has 3 aliphatic carbocycles. The Labute approximate surface area is 439 Å². The van der Waals surface area contributed by atoms with Gasteiger partial charge in [0.15, 0.2) is 0 Å². The molecule has 0 spiro atoms. The van der Waals surface area contributed by atoms with Crippen molar-refractivity contribution in [2.75, 3.05) is 9.80 Å². The van der Waals surface area contributed by atoms with Crippen LogP contribution in [0, 0.1) is 0 Å². The minimum Gasteiger partial charge on any atom is -0.337 e.